The number of rotatable bonds is 5. The molecule has 2 heterocycles. The minimum Gasteiger partial charge on any atom is -0.548 e. The van der Waals surface area contributed by atoms with Crippen LogP contribution < -0.4 is 39.4 Å². The summed E-state index contributed by atoms with van der Waals surface area (Å²) in [6.07, 6.45) is 2.93. The number of carbonyl (C=O) groups excluding carboxylic acids is 1. The monoisotopic (exact) mass is 481 g/mol. The van der Waals surface area contributed by atoms with Gasteiger partial charge in [-0.3, -0.25) is 0 Å². The number of hydrogen-bond donors (Lipinski definition) is 0. The van der Waals surface area contributed by atoms with Gasteiger partial charge in [0.2, 0.25) is 0 Å². The zero-order valence-corrected chi connectivity index (χ0v) is 20.8. The molecule has 0 fully saturated rings. The summed E-state index contributed by atoms with van der Waals surface area (Å²) in [5.41, 5.74) is 4.15. The van der Waals surface area contributed by atoms with Crippen LogP contribution in [0.3, 0.4) is 0 Å². The Morgan fingerprint density at radius 3 is 2.66 bits per heavy atom. The van der Waals surface area contributed by atoms with Crippen molar-refractivity contribution in [1.82, 2.24) is 4.98 Å². The zero-order chi connectivity index (χ0) is 23.7. The number of aromatic nitrogens is 1. The van der Waals surface area contributed by atoms with E-state index in [1.807, 2.05) is 48.5 Å². The molecule has 3 aromatic carbocycles. The fourth-order valence-electron chi connectivity index (χ4n) is 3.99. The van der Waals surface area contributed by atoms with Gasteiger partial charge in [0.05, 0.1) is 23.8 Å². The van der Waals surface area contributed by atoms with E-state index in [2.05, 4.69) is 4.98 Å². The molecule has 170 valence electrons. The number of pyridine rings is 1. The Morgan fingerprint density at radius 1 is 1.03 bits per heavy atom. The number of aliphatic carboxylic acids is 1. The summed E-state index contributed by atoms with van der Waals surface area (Å²) >= 11 is 0. The third kappa shape index (κ3) is 5.44. The van der Waals surface area contributed by atoms with Crippen molar-refractivity contribution in [3.05, 3.63) is 106 Å². The van der Waals surface area contributed by atoms with Crippen LogP contribution in [0.15, 0.2) is 66.7 Å². The van der Waals surface area contributed by atoms with Crippen molar-refractivity contribution in [2.45, 2.75) is 12.7 Å². The largest absolute Gasteiger partial charge is 1.00 e. The average Bonchev–Trinajstić information content (AvgIpc) is 2.98. The van der Waals surface area contributed by atoms with Gasteiger partial charge in [-0.25, -0.2) is 13.8 Å². The molecule has 5 nitrogen and oxygen atoms in total. The molecule has 4 aromatic rings. The normalized spacial score (nSPS) is 14.5. The van der Waals surface area contributed by atoms with E-state index in [1.165, 1.54) is 0 Å². The molecular weight excluding hydrogens is 463 g/mol. The van der Waals surface area contributed by atoms with Gasteiger partial charge in [0.1, 0.15) is 18.5 Å². The molecule has 1 aromatic heterocycles. The summed E-state index contributed by atoms with van der Waals surface area (Å²) in [5.74, 6) is -2.58. The van der Waals surface area contributed by atoms with Gasteiger partial charge in [0, 0.05) is 17.0 Å². The minimum absolute atomic E-state index is 0. The van der Waals surface area contributed by atoms with Gasteiger partial charge < -0.3 is 19.4 Å². The summed E-state index contributed by atoms with van der Waals surface area (Å²) in [6.45, 7) is -0.224. The van der Waals surface area contributed by atoms with Crippen LogP contribution in [0.5, 0.6) is 5.75 Å². The van der Waals surface area contributed by atoms with E-state index in [0.717, 1.165) is 28.8 Å². The molecule has 1 aliphatic heterocycles. The van der Waals surface area contributed by atoms with Gasteiger partial charge in [0.25, 0.3) is 0 Å². The molecule has 5 rings (SSSR count). The van der Waals surface area contributed by atoms with E-state index in [0.29, 0.717) is 34.5 Å². The topological polar surface area (TPSA) is 71.5 Å². The summed E-state index contributed by atoms with van der Waals surface area (Å²) in [7, 11) is 0. The second-order valence-corrected chi connectivity index (χ2v) is 7.88. The second kappa shape index (κ2) is 10.7. The van der Waals surface area contributed by atoms with Crippen LogP contribution in [0.1, 0.15) is 34.1 Å². The summed E-state index contributed by atoms with van der Waals surface area (Å²) < 4.78 is 38.7. The number of ether oxygens (including phenoxy) is 2. The molecule has 0 aliphatic carbocycles. The first kappa shape index (κ1) is 25.0. The van der Waals surface area contributed by atoms with Crippen LogP contribution in [0.4, 0.5) is 8.78 Å². The molecule has 0 saturated heterocycles. The summed E-state index contributed by atoms with van der Waals surface area (Å²) in [5, 5.41) is 11.6. The molecule has 0 amide bonds. The van der Waals surface area contributed by atoms with Crippen LogP contribution in [0, 0.1) is 11.6 Å². The smallest absolute Gasteiger partial charge is 0.548 e. The number of nitrogens with zero attached hydrogens (tertiary/aromatic N) is 1. The van der Waals surface area contributed by atoms with E-state index < -0.39 is 30.3 Å². The van der Waals surface area contributed by atoms with Gasteiger partial charge in [-0.05, 0) is 47.0 Å². The van der Waals surface area contributed by atoms with Crippen LogP contribution in [-0.2, 0) is 16.1 Å². The van der Waals surface area contributed by atoms with Gasteiger partial charge in [-0.2, -0.15) is 0 Å². The first-order valence-electron chi connectivity index (χ1n) is 10.6. The number of carboxylic acid groups (broad SMARTS) is 1. The van der Waals surface area contributed by atoms with Crippen LogP contribution in [0.2, 0.25) is 0 Å². The van der Waals surface area contributed by atoms with Crippen molar-refractivity contribution in [3.63, 3.8) is 0 Å². The van der Waals surface area contributed by atoms with Crippen molar-refractivity contribution in [3.8, 4) is 5.75 Å². The number of carbonyl (C=O) groups is 1. The fourth-order valence-corrected chi connectivity index (χ4v) is 3.99. The predicted octanol–water partition coefficient (Wildman–Crippen LogP) is 1.44. The fraction of sp³-hybridized carbons (Fsp3) is 0.111. The Morgan fingerprint density at radius 2 is 1.83 bits per heavy atom. The van der Waals surface area contributed by atoms with E-state index >= 15 is 0 Å². The SMILES string of the molecule is O=C([O-])COC1c2ccccc2COc2ccc(/C=C/c3ccc4cc(F)c(F)cc4n3)cc21.[Na+]. The van der Waals surface area contributed by atoms with Gasteiger partial charge in [-0.1, -0.05) is 42.5 Å². The molecule has 1 aliphatic rings. The first-order chi connectivity index (χ1) is 16.5. The molecule has 0 saturated carbocycles. The van der Waals surface area contributed by atoms with Crippen molar-refractivity contribution < 1.29 is 57.7 Å². The third-order valence-electron chi connectivity index (χ3n) is 5.60. The maximum Gasteiger partial charge on any atom is 1.00 e. The van der Waals surface area contributed by atoms with Crippen molar-refractivity contribution in [2.75, 3.05) is 6.61 Å². The van der Waals surface area contributed by atoms with E-state index in [9.17, 15) is 18.7 Å². The van der Waals surface area contributed by atoms with Crippen LogP contribution in [0.25, 0.3) is 23.1 Å². The Labute approximate surface area is 222 Å². The molecule has 0 spiro atoms. The van der Waals surface area contributed by atoms with Gasteiger partial charge in [-0.15, -0.1) is 0 Å². The summed E-state index contributed by atoms with van der Waals surface area (Å²) in [6, 6.07) is 18.7. The molecule has 1 unspecified atom stereocenters. The maximum atomic E-state index is 13.6. The molecule has 0 N–H and O–H groups in total. The average molecular weight is 481 g/mol. The molecule has 8 heteroatoms. The first-order valence-corrected chi connectivity index (χ1v) is 10.6. The number of fused-ring (bicyclic) bond motifs is 3. The van der Waals surface area contributed by atoms with Crippen molar-refractivity contribution in [2.24, 2.45) is 0 Å². The molecule has 0 bridgehead atoms. The molecular formula is C27H18F2NNaO4. The molecule has 0 radical (unpaired) electrons. The standard InChI is InChI=1S/C27H19F2NO4.Na/c28-22-12-17-7-9-19(30-24(17)13-23(22)29)8-5-16-6-10-25-21(11-16)27(34-15-26(31)32)20-4-2-1-3-18(20)14-33-25;/h1-13,27H,14-15H2,(H,31,32);/q;+1/p-1/b8-5+;. The third-order valence-corrected chi connectivity index (χ3v) is 5.60. The maximum absolute atomic E-state index is 13.6. The molecule has 1 atom stereocenters. The van der Waals surface area contributed by atoms with Crippen molar-refractivity contribution in [1.29, 1.82) is 0 Å². The van der Waals surface area contributed by atoms with E-state index in [-0.39, 0.29) is 29.6 Å². The Bertz CT molecular complexity index is 1440. The van der Waals surface area contributed by atoms with Crippen molar-refractivity contribution >= 4 is 29.0 Å². The van der Waals surface area contributed by atoms with Gasteiger partial charge in [0.15, 0.2) is 11.6 Å². The Hall–Kier alpha value is -3.10. The Kier molecular flexibility index (Phi) is 7.62. The van der Waals surface area contributed by atoms with Crippen LogP contribution in [-0.4, -0.2) is 17.6 Å². The number of hydrogen-bond acceptors (Lipinski definition) is 5. The second-order valence-electron chi connectivity index (χ2n) is 7.88. The number of halogens is 2. The number of benzene rings is 3. The van der Waals surface area contributed by atoms with E-state index in [1.54, 1.807) is 18.2 Å². The zero-order valence-electron chi connectivity index (χ0n) is 18.8. The number of carboxylic acids is 1. The minimum atomic E-state index is -1.31. The van der Waals surface area contributed by atoms with E-state index in [4.69, 9.17) is 9.47 Å². The van der Waals surface area contributed by atoms with Crippen LogP contribution >= 0.6 is 0 Å². The summed E-state index contributed by atoms with van der Waals surface area (Å²) in [4.78, 5) is 15.5. The predicted molar refractivity (Wildman–Crippen MR) is 121 cm³/mol. The van der Waals surface area contributed by atoms with Gasteiger partial charge >= 0.3 is 29.6 Å². The molecule has 35 heavy (non-hydrogen) atoms. The Balaban J connectivity index is 0.00000289. The quantitative estimate of drug-likeness (QED) is 0.404.